The second-order valence-corrected chi connectivity index (χ2v) is 6.51. The average molecular weight is 322 g/mol. The predicted molar refractivity (Wildman–Crippen MR) is 86.5 cm³/mol. The van der Waals surface area contributed by atoms with Gasteiger partial charge in [0.1, 0.15) is 5.75 Å². The van der Waals surface area contributed by atoms with Crippen molar-refractivity contribution in [2.45, 2.75) is 12.3 Å². The van der Waals surface area contributed by atoms with Crippen LogP contribution >= 0.6 is 11.6 Å². The van der Waals surface area contributed by atoms with Crippen molar-refractivity contribution in [1.82, 2.24) is 5.32 Å². The van der Waals surface area contributed by atoms with E-state index in [1.165, 1.54) is 0 Å². The van der Waals surface area contributed by atoms with E-state index in [-0.39, 0.29) is 11.7 Å². The van der Waals surface area contributed by atoms with Crippen LogP contribution in [0.5, 0.6) is 0 Å². The summed E-state index contributed by atoms with van der Waals surface area (Å²) in [7, 11) is -1.22. The lowest BCUT2D eigenvalue weighted by Crippen LogP contribution is -2.28. The van der Waals surface area contributed by atoms with Gasteiger partial charge in [-0.05, 0) is 23.3 Å². The van der Waals surface area contributed by atoms with E-state index >= 15 is 0 Å². The molecule has 21 heavy (non-hydrogen) atoms. The highest BCUT2D eigenvalue weighted by Gasteiger charge is 2.08. The predicted octanol–water partition coefficient (Wildman–Crippen LogP) is 2.91. The van der Waals surface area contributed by atoms with E-state index in [2.05, 4.69) is 5.32 Å². The van der Waals surface area contributed by atoms with Crippen molar-refractivity contribution in [3.05, 3.63) is 70.7 Å². The minimum absolute atomic E-state index is 0.00938. The van der Waals surface area contributed by atoms with Gasteiger partial charge in [-0.2, -0.15) is 0 Å². The molecule has 5 heteroatoms. The lowest BCUT2D eigenvalue weighted by Gasteiger charge is -2.06. The highest BCUT2D eigenvalue weighted by molar-refractivity contribution is 7.84. The molecule has 0 radical (unpaired) electrons. The molecule has 1 unspecified atom stereocenters. The minimum Gasteiger partial charge on any atom is -0.351 e. The van der Waals surface area contributed by atoms with E-state index < -0.39 is 10.8 Å². The van der Waals surface area contributed by atoms with E-state index in [9.17, 15) is 9.00 Å². The Bertz CT molecular complexity index is 614. The smallest absolute Gasteiger partial charge is 0.232 e. The van der Waals surface area contributed by atoms with Gasteiger partial charge in [-0.3, -0.25) is 9.00 Å². The zero-order chi connectivity index (χ0) is 15.1. The van der Waals surface area contributed by atoms with Gasteiger partial charge in [-0.25, -0.2) is 0 Å². The highest BCUT2D eigenvalue weighted by atomic mass is 35.5. The molecule has 0 aliphatic carbocycles. The molecule has 1 atom stereocenters. The largest absolute Gasteiger partial charge is 0.351 e. The summed E-state index contributed by atoms with van der Waals surface area (Å²) in [6, 6.07) is 16.8. The van der Waals surface area contributed by atoms with Gasteiger partial charge in [0.25, 0.3) is 0 Å². The van der Waals surface area contributed by atoms with Crippen LogP contribution in [0.4, 0.5) is 0 Å². The summed E-state index contributed by atoms with van der Waals surface area (Å²) < 4.78 is 11.9. The highest BCUT2D eigenvalue weighted by Crippen LogP contribution is 2.11. The molecule has 110 valence electrons. The monoisotopic (exact) mass is 321 g/mol. The van der Waals surface area contributed by atoms with Crippen LogP contribution in [0, 0.1) is 0 Å². The average Bonchev–Trinajstić information content (AvgIpc) is 2.48. The Morgan fingerprint density at radius 1 is 1.00 bits per heavy atom. The van der Waals surface area contributed by atoms with Crippen molar-refractivity contribution in [1.29, 1.82) is 0 Å². The van der Waals surface area contributed by atoms with E-state index in [1.54, 1.807) is 12.1 Å². The normalized spacial score (nSPS) is 11.9. The summed E-state index contributed by atoms with van der Waals surface area (Å²) >= 11 is 5.79. The molecule has 1 N–H and O–H groups in total. The van der Waals surface area contributed by atoms with Gasteiger partial charge >= 0.3 is 0 Å². The fourth-order valence-electron chi connectivity index (χ4n) is 1.81. The summed E-state index contributed by atoms with van der Waals surface area (Å²) in [6.07, 6.45) is 0. The van der Waals surface area contributed by atoms with E-state index in [0.717, 1.165) is 11.1 Å². The van der Waals surface area contributed by atoms with Crippen LogP contribution in [0.15, 0.2) is 54.6 Å². The van der Waals surface area contributed by atoms with Crippen LogP contribution in [0.25, 0.3) is 0 Å². The first kappa shape index (κ1) is 15.7. The van der Waals surface area contributed by atoms with Gasteiger partial charge in [0.2, 0.25) is 5.91 Å². The molecule has 0 aliphatic heterocycles. The van der Waals surface area contributed by atoms with Gasteiger partial charge in [-0.15, -0.1) is 0 Å². The van der Waals surface area contributed by atoms with Gasteiger partial charge in [0.15, 0.2) is 0 Å². The maximum Gasteiger partial charge on any atom is 0.232 e. The third kappa shape index (κ3) is 5.69. The molecule has 0 aromatic heterocycles. The standard InChI is InChI=1S/C16H16ClNO2S/c17-15-8-6-14(7-9-15)11-21(20)12-16(19)18-10-13-4-2-1-3-5-13/h1-9H,10-12H2,(H,18,19). The molecule has 0 fully saturated rings. The first-order chi connectivity index (χ1) is 10.1. The Morgan fingerprint density at radius 3 is 2.33 bits per heavy atom. The molecule has 1 amide bonds. The zero-order valence-corrected chi connectivity index (χ0v) is 13.0. The second-order valence-electron chi connectivity index (χ2n) is 4.62. The van der Waals surface area contributed by atoms with E-state index in [1.807, 2.05) is 42.5 Å². The molecule has 0 spiro atoms. The van der Waals surface area contributed by atoms with Gasteiger partial charge in [-0.1, -0.05) is 54.1 Å². The van der Waals surface area contributed by atoms with Crippen molar-refractivity contribution >= 4 is 28.3 Å². The molecule has 2 aromatic carbocycles. The molecule has 0 aliphatic rings. The number of amides is 1. The number of hydrogen-bond acceptors (Lipinski definition) is 2. The number of hydrogen-bond donors (Lipinski definition) is 1. The molecule has 0 bridgehead atoms. The van der Waals surface area contributed by atoms with Crippen LogP contribution in [-0.2, 0) is 27.9 Å². The lowest BCUT2D eigenvalue weighted by atomic mass is 10.2. The quantitative estimate of drug-likeness (QED) is 0.889. The number of nitrogens with one attached hydrogen (secondary N) is 1. The number of carbonyl (C=O) groups excluding carboxylic acids is 1. The van der Waals surface area contributed by atoms with Crippen LogP contribution in [0.3, 0.4) is 0 Å². The topological polar surface area (TPSA) is 46.2 Å². The number of carbonyl (C=O) groups is 1. The summed E-state index contributed by atoms with van der Waals surface area (Å²) in [5, 5.41) is 3.42. The molecule has 2 rings (SSSR count). The third-order valence-electron chi connectivity index (χ3n) is 2.87. The number of halogens is 1. The number of rotatable bonds is 6. The molecule has 0 heterocycles. The SMILES string of the molecule is O=C(CS(=O)Cc1ccc(Cl)cc1)NCc1ccccc1. The van der Waals surface area contributed by atoms with Crippen molar-refractivity contribution in [2.24, 2.45) is 0 Å². The molecule has 0 saturated heterocycles. The lowest BCUT2D eigenvalue weighted by molar-refractivity contribution is -0.118. The summed E-state index contributed by atoms with van der Waals surface area (Å²) in [4.78, 5) is 11.7. The van der Waals surface area contributed by atoms with Crippen LogP contribution in [-0.4, -0.2) is 15.9 Å². The Labute approximate surface area is 131 Å². The fourth-order valence-corrected chi connectivity index (χ4v) is 3.00. The van der Waals surface area contributed by atoms with Crippen molar-refractivity contribution < 1.29 is 9.00 Å². The van der Waals surface area contributed by atoms with Crippen molar-refractivity contribution in [3.8, 4) is 0 Å². The Hall–Kier alpha value is -1.65. The first-order valence-electron chi connectivity index (χ1n) is 6.53. The molecule has 3 nitrogen and oxygen atoms in total. The Kier molecular flexibility index (Phi) is 5.96. The van der Waals surface area contributed by atoms with Gasteiger partial charge in [0, 0.05) is 28.1 Å². The second kappa shape index (κ2) is 7.96. The maximum atomic E-state index is 11.9. The fraction of sp³-hybridized carbons (Fsp3) is 0.188. The van der Waals surface area contributed by atoms with Crippen molar-refractivity contribution in [2.75, 3.05) is 5.75 Å². The molecule has 0 saturated carbocycles. The zero-order valence-electron chi connectivity index (χ0n) is 11.4. The minimum atomic E-state index is -1.22. The maximum absolute atomic E-state index is 11.9. The van der Waals surface area contributed by atoms with Gasteiger partial charge < -0.3 is 5.32 Å². The van der Waals surface area contributed by atoms with Gasteiger partial charge in [0.05, 0.1) is 0 Å². The molecule has 2 aromatic rings. The van der Waals surface area contributed by atoms with Crippen molar-refractivity contribution in [3.63, 3.8) is 0 Å². The van der Waals surface area contributed by atoms with Crippen LogP contribution in [0.1, 0.15) is 11.1 Å². The van der Waals surface area contributed by atoms with Crippen LogP contribution < -0.4 is 5.32 Å². The Morgan fingerprint density at radius 2 is 1.67 bits per heavy atom. The Balaban J connectivity index is 1.77. The number of benzene rings is 2. The summed E-state index contributed by atoms with van der Waals surface area (Å²) in [5.74, 6) is 0.164. The van der Waals surface area contributed by atoms with Crippen LogP contribution in [0.2, 0.25) is 5.02 Å². The summed E-state index contributed by atoms with van der Waals surface area (Å²) in [5.41, 5.74) is 1.93. The van der Waals surface area contributed by atoms with E-state index in [4.69, 9.17) is 11.6 Å². The third-order valence-corrected chi connectivity index (χ3v) is 4.36. The summed E-state index contributed by atoms with van der Waals surface area (Å²) in [6.45, 7) is 0.456. The first-order valence-corrected chi connectivity index (χ1v) is 8.40. The molecular formula is C16H16ClNO2S. The molecular weight excluding hydrogens is 306 g/mol. The van der Waals surface area contributed by atoms with E-state index in [0.29, 0.717) is 17.3 Å².